The van der Waals surface area contributed by atoms with Crippen LogP contribution in [0.15, 0.2) is 24.9 Å². The van der Waals surface area contributed by atoms with E-state index in [1.165, 1.54) is 18.9 Å². The summed E-state index contributed by atoms with van der Waals surface area (Å²) < 4.78 is 1.59. The predicted molar refractivity (Wildman–Crippen MR) is 75.7 cm³/mol. The van der Waals surface area contributed by atoms with Crippen molar-refractivity contribution in [3.05, 3.63) is 30.6 Å². The van der Waals surface area contributed by atoms with Crippen LogP contribution < -0.4 is 4.90 Å². The molecule has 0 aliphatic carbocycles. The van der Waals surface area contributed by atoms with Crippen molar-refractivity contribution in [2.75, 3.05) is 29.5 Å². The minimum Gasteiger partial charge on any atom is -0.476 e. The first-order valence-electron chi connectivity index (χ1n) is 6.16. The van der Waals surface area contributed by atoms with Gasteiger partial charge in [-0.2, -0.15) is 11.8 Å². The first kappa shape index (κ1) is 12.9. The molecule has 0 aromatic carbocycles. The Labute approximate surface area is 119 Å². The average molecular weight is 291 g/mol. The molecule has 0 amide bonds. The zero-order valence-electron chi connectivity index (χ0n) is 10.6. The highest BCUT2D eigenvalue weighted by Crippen LogP contribution is 2.18. The maximum absolute atomic E-state index is 10.8. The second-order valence-electron chi connectivity index (χ2n) is 4.31. The van der Waals surface area contributed by atoms with E-state index in [2.05, 4.69) is 19.9 Å². The zero-order chi connectivity index (χ0) is 13.9. The summed E-state index contributed by atoms with van der Waals surface area (Å²) in [5, 5.41) is 8.88. The molecular formula is C12H13N5O2S. The van der Waals surface area contributed by atoms with Gasteiger partial charge in [0.25, 0.3) is 0 Å². The van der Waals surface area contributed by atoms with Crippen molar-refractivity contribution >= 4 is 23.5 Å². The standard InChI is InChI=1S/C12H13N5O2S/c18-12(19)9-6-17(8-15-9)11-5-10(13-7-14-11)16-1-3-20-4-2-16/h5-8H,1-4H2,(H,18,19). The molecule has 1 saturated heterocycles. The van der Waals surface area contributed by atoms with Gasteiger partial charge in [0, 0.05) is 36.9 Å². The van der Waals surface area contributed by atoms with Crippen LogP contribution in [0, 0.1) is 0 Å². The third kappa shape index (κ3) is 2.60. The molecule has 0 atom stereocenters. The number of hydrogen-bond acceptors (Lipinski definition) is 6. The van der Waals surface area contributed by atoms with Crippen LogP contribution in [0.5, 0.6) is 0 Å². The van der Waals surface area contributed by atoms with Crippen LogP contribution in [0.3, 0.4) is 0 Å². The van der Waals surface area contributed by atoms with Crippen LogP contribution in [-0.4, -0.2) is 55.2 Å². The quantitative estimate of drug-likeness (QED) is 0.899. The molecule has 0 unspecified atom stereocenters. The molecule has 2 aromatic rings. The third-order valence-electron chi connectivity index (χ3n) is 3.04. The summed E-state index contributed by atoms with van der Waals surface area (Å²) in [5.74, 6) is 2.61. The number of nitrogens with zero attached hydrogens (tertiary/aromatic N) is 5. The van der Waals surface area contributed by atoms with Gasteiger partial charge in [0.1, 0.15) is 24.3 Å². The summed E-state index contributed by atoms with van der Waals surface area (Å²) in [6, 6.07) is 1.85. The lowest BCUT2D eigenvalue weighted by atomic mass is 10.4. The normalized spacial score (nSPS) is 15.3. The van der Waals surface area contributed by atoms with Gasteiger partial charge in [-0.15, -0.1) is 0 Å². The van der Waals surface area contributed by atoms with Gasteiger partial charge < -0.3 is 10.0 Å². The van der Waals surface area contributed by atoms with Gasteiger partial charge in [-0.3, -0.25) is 4.57 Å². The maximum Gasteiger partial charge on any atom is 0.356 e. The van der Waals surface area contributed by atoms with E-state index >= 15 is 0 Å². The van der Waals surface area contributed by atoms with Crippen molar-refractivity contribution in [1.29, 1.82) is 0 Å². The van der Waals surface area contributed by atoms with Crippen molar-refractivity contribution in [3.8, 4) is 5.82 Å². The van der Waals surface area contributed by atoms with Gasteiger partial charge in [0.2, 0.25) is 0 Å². The molecule has 0 radical (unpaired) electrons. The number of hydrogen-bond donors (Lipinski definition) is 1. The topological polar surface area (TPSA) is 84.1 Å². The Morgan fingerprint density at radius 2 is 1.95 bits per heavy atom. The highest BCUT2D eigenvalue weighted by Gasteiger charge is 2.14. The molecule has 20 heavy (non-hydrogen) atoms. The molecule has 1 N–H and O–H groups in total. The van der Waals surface area contributed by atoms with E-state index in [1.54, 1.807) is 4.57 Å². The van der Waals surface area contributed by atoms with E-state index in [-0.39, 0.29) is 5.69 Å². The molecule has 3 heterocycles. The van der Waals surface area contributed by atoms with Crippen LogP contribution in [-0.2, 0) is 0 Å². The molecule has 7 nitrogen and oxygen atoms in total. The molecule has 104 valence electrons. The summed E-state index contributed by atoms with van der Waals surface area (Å²) in [6.45, 7) is 1.93. The number of carbonyl (C=O) groups is 1. The van der Waals surface area contributed by atoms with Crippen LogP contribution in [0.4, 0.5) is 5.82 Å². The number of anilines is 1. The molecule has 8 heteroatoms. The summed E-state index contributed by atoms with van der Waals surface area (Å²) in [7, 11) is 0. The van der Waals surface area contributed by atoms with E-state index in [4.69, 9.17) is 5.11 Å². The Kier molecular flexibility index (Phi) is 3.55. The number of aromatic carboxylic acids is 1. The van der Waals surface area contributed by atoms with Crippen LogP contribution in [0.25, 0.3) is 5.82 Å². The van der Waals surface area contributed by atoms with Crippen molar-refractivity contribution < 1.29 is 9.90 Å². The fourth-order valence-electron chi connectivity index (χ4n) is 2.00. The molecule has 0 spiro atoms. The molecule has 3 rings (SSSR count). The van der Waals surface area contributed by atoms with Gasteiger partial charge in [-0.05, 0) is 0 Å². The van der Waals surface area contributed by atoms with Crippen molar-refractivity contribution in [3.63, 3.8) is 0 Å². The number of carboxylic acids is 1. The average Bonchev–Trinajstić information content (AvgIpc) is 2.98. The van der Waals surface area contributed by atoms with Crippen molar-refractivity contribution in [1.82, 2.24) is 19.5 Å². The van der Waals surface area contributed by atoms with E-state index in [0.717, 1.165) is 30.4 Å². The predicted octanol–water partition coefficient (Wildman–Crippen LogP) is 0.914. The summed E-state index contributed by atoms with van der Waals surface area (Å²) in [6.07, 6.45) is 4.38. The van der Waals surface area contributed by atoms with Crippen LogP contribution in [0.1, 0.15) is 10.5 Å². The monoisotopic (exact) mass is 291 g/mol. The van der Waals surface area contributed by atoms with Gasteiger partial charge in [0.05, 0.1) is 0 Å². The van der Waals surface area contributed by atoms with E-state index in [1.807, 2.05) is 17.8 Å². The first-order valence-corrected chi connectivity index (χ1v) is 7.32. The first-order chi connectivity index (χ1) is 9.74. The van der Waals surface area contributed by atoms with E-state index < -0.39 is 5.97 Å². The smallest absolute Gasteiger partial charge is 0.356 e. The number of carboxylic acid groups (broad SMARTS) is 1. The fraction of sp³-hybridized carbons (Fsp3) is 0.333. The van der Waals surface area contributed by atoms with Gasteiger partial charge >= 0.3 is 5.97 Å². The van der Waals surface area contributed by atoms with Crippen molar-refractivity contribution in [2.24, 2.45) is 0 Å². The summed E-state index contributed by atoms with van der Waals surface area (Å²) in [5.41, 5.74) is -0.000431. The second-order valence-corrected chi connectivity index (χ2v) is 5.53. The van der Waals surface area contributed by atoms with Gasteiger partial charge in [-0.1, -0.05) is 0 Å². The van der Waals surface area contributed by atoms with Gasteiger partial charge in [-0.25, -0.2) is 19.7 Å². The SMILES string of the molecule is O=C(O)c1cn(-c2cc(N3CCSCC3)ncn2)cn1. The van der Waals surface area contributed by atoms with Gasteiger partial charge in [0.15, 0.2) is 5.69 Å². The third-order valence-corrected chi connectivity index (χ3v) is 3.98. The van der Waals surface area contributed by atoms with Crippen LogP contribution in [0.2, 0.25) is 0 Å². The molecule has 1 fully saturated rings. The minimum atomic E-state index is -1.05. The fourth-order valence-corrected chi connectivity index (χ4v) is 2.91. The highest BCUT2D eigenvalue weighted by molar-refractivity contribution is 7.99. The Morgan fingerprint density at radius 3 is 2.65 bits per heavy atom. The van der Waals surface area contributed by atoms with Crippen molar-refractivity contribution in [2.45, 2.75) is 0 Å². The number of rotatable bonds is 3. The lowest BCUT2D eigenvalue weighted by molar-refractivity contribution is 0.0691. The molecule has 1 aliphatic heterocycles. The number of imidazole rings is 1. The molecule has 2 aromatic heterocycles. The summed E-state index contributed by atoms with van der Waals surface area (Å²) in [4.78, 5) is 25.3. The Hall–Kier alpha value is -2.09. The number of aromatic nitrogens is 4. The summed E-state index contributed by atoms with van der Waals surface area (Å²) >= 11 is 1.93. The second kappa shape index (κ2) is 5.49. The zero-order valence-corrected chi connectivity index (χ0v) is 11.5. The number of thioether (sulfide) groups is 1. The maximum atomic E-state index is 10.8. The molecule has 1 aliphatic rings. The van der Waals surface area contributed by atoms with Crippen LogP contribution >= 0.6 is 11.8 Å². The Bertz CT molecular complexity index is 624. The Balaban J connectivity index is 1.87. The Morgan fingerprint density at radius 1 is 1.20 bits per heavy atom. The highest BCUT2D eigenvalue weighted by atomic mass is 32.2. The molecular weight excluding hydrogens is 278 g/mol. The molecule has 0 saturated carbocycles. The minimum absolute atomic E-state index is 0.000431. The lowest BCUT2D eigenvalue weighted by Crippen LogP contribution is -2.33. The van der Waals surface area contributed by atoms with E-state index in [0.29, 0.717) is 5.82 Å². The lowest BCUT2D eigenvalue weighted by Gasteiger charge is -2.27. The largest absolute Gasteiger partial charge is 0.476 e. The molecule has 0 bridgehead atoms. The van der Waals surface area contributed by atoms with E-state index in [9.17, 15) is 4.79 Å².